The summed E-state index contributed by atoms with van der Waals surface area (Å²) in [5.41, 5.74) is 1.57. The Balaban J connectivity index is 1.26. The molecule has 1 unspecified atom stereocenters. The van der Waals surface area contributed by atoms with Gasteiger partial charge in [0.15, 0.2) is 5.58 Å². The monoisotopic (exact) mass is 398 g/mol. The first-order chi connectivity index (χ1) is 13.7. The molecule has 1 aromatic carbocycles. The third-order valence-corrected chi connectivity index (χ3v) is 6.28. The lowest BCUT2D eigenvalue weighted by atomic mass is 9.91. The van der Waals surface area contributed by atoms with Gasteiger partial charge in [-0.05, 0) is 43.0 Å². The number of anilines is 1. The number of piperazine rings is 1. The standard InChI is InChI=1S/C21H23ClN4O2/c22-16-6-8-20(23-11-16)25-10-9-24-12-15(5-7-17(24)14-25)13-26-18-3-1-2-4-19(18)28-21(26)27/h1-4,6,8,11,15,17H,5,7,9-10,12-14H2/t15-,17?/m1/s1. The highest BCUT2D eigenvalue weighted by molar-refractivity contribution is 6.30. The summed E-state index contributed by atoms with van der Waals surface area (Å²) in [6.45, 7) is 4.73. The zero-order valence-corrected chi connectivity index (χ0v) is 16.4. The Hall–Kier alpha value is -2.31. The van der Waals surface area contributed by atoms with Crippen molar-refractivity contribution >= 4 is 28.5 Å². The van der Waals surface area contributed by atoms with E-state index in [1.54, 1.807) is 10.8 Å². The third kappa shape index (κ3) is 3.31. The summed E-state index contributed by atoms with van der Waals surface area (Å²) in [5.74, 6) is 1.22. The van der Waals surface area contributed by atoms with Crippen molar-refractivity contribution in [1.29, 1.82) is 0 Å². The van der Waals surface area contributed by atoms with Crippen molar-refractivity contribution in [1.82, 2.24) is 14.5 Å². The van der Waals surface area contributed by atoms with Gasteiger partial charge in [-0.2, -0.15) is 0 Å². The zero-order valence-electron chi connectivity index (χ0n) is 15.6. The lowest BCUT2D eigenvalue weighted by Crippen LogP contribution is -2.57. The first kappa shape index (κ1) is 17.8. The number of hydrogen-bond donors (Lipinski definition) is 0. The van der Waals surface area contributed by atoms with Crippen molar-refractivity contribution in [2.24, 2.45) is 5.92 Å². The van der Waals surface area contributed by atoms with E-state index in [1.165, 1.54) is 0 Å². The number of fused-ring (bicyclic) bond motifs is 2. The number of pyridine rings is 1. The zero-order chi connectivity index (χ0) is 19.1. The molecule has 4 heterocycles. The maximum atomic E-state index is 12.3. The van der Waals surface area contributed by atoms with Gasteiger partial charge in [-0.25, -0.2) is 9.78 Å². The molecule has 2 atom stereocenters. The van der Waals surface area contributed by atoms with E-state index in [1.807, 2.05) is 36.4 Å². The van der Waals surface area contributed by atoms with Crippen LogP contribution in [0.3, 0.4) is 0 Å². The van der Waals surface area contributed by atoms with Crippen LogP contribution in [-0.4, -0.2) is 46.7 Å². The number of rotatable bonds is 3. The second-order valence-corrected chi connectivity index (χ2v) is 8.26. The fraction of sp³-hybridized carbons (Fsp3) is 0.429. The van der Waals surface area contributed by atoms with Gasteiger partial charge in [-0.15, -0.1) is 0 Å². The minimum atomic E-state index is -0.248. The Morgan fingerprint density at radius 1 is 1.11 bits per heavy atom. The summed E-state index contributed by atoms with van der Waals surface area (Å²) < 4.78 is 7.19. The van der Waals surface area contributed by atoms with E-state index < -0.39 is 0 Å². The van der Waals surface area contributed by atoms with Crippen molar-refractivity contribution in [3.8, 4) is 0 Å². The molecule has 0 aliphatic carbocycles. The molecule has 2 saturated heterocycles. The highest BCUT2D eigenvalue weighted by Crippen LogP contribution is 2.28. The molecule has 28 heavy (non-hydrogen) atoms. The Morgan fingerprint density at radius 3 is 2.86 bits per heavy atom. The van der Waals surface area contributed by atoms with Crippen LogP contribution in [0.1, 0.15) is 12.8 Å². The Kier molecular flexibility index (Phi) is 4.61. The average Bonchev–Trinajstić information content (AvgIpc) is 3.03. The number of para-hydroxylation sites is 2. The second-order valence-electron chi connectivity index (χ2n) is 7.82. The van der Waals surface area contributed by atoms with E-state index in [-0.39, 0.29) is 5.76 Å². The molecule has 6 nitrogen and oxygen atoms in total. The van der Waals surface area contributed by atoms with E-state index in [0.29, 0.717) is 22.6 Å². The van der Waals surface area contributed by atoms with E-state index in [9.17, 15) is 4.79 Å². The molecule has 5 rings (SSSR count). The topological polar surface area (TPSA) is 54.5 Å². The molecule has 0 amide bonds. The smallest absolute Gasteiger partial charge is 0.408 e. The van der Waals surface area contributed by atoms with Gasteiger partial charge in [0.25, 0.3) is 0 Å². The van der Waals surface area contributed by atoms with Crippen molar-refractivity contribution in [2.75, 3.05) is 31.1 Å². The minimum Gasteiger partial charge on any atom is -0.408 e. The molecule has 0 radical (unpaired) electrons. The largest absolute Gasteiger partial charge is 0.419 e. The molecule has 0 spiro atoms. The van der Waals surface area contributed by atoms with Crippen LogP contribution in [0.25, 0.3) is 11.1 Å². The molecule has 0 bridgehead atoms. The summed E-state index contributed by atoms with van der Waals surface area (Å²) in [7, 11) is 0. The van der Waals surface area contributed by atoms with Crippen LogP contribution < -0.4 is 10.7 Å². The van der Waals surface area contributed by atoms with Gasteiger partial charge in [0.1, 0.15) is 5.82 Å². The molecule has 0 N–H and O–H groups in total. The number of hydrogen-bond acceptors (Lipinski definition) is 5. The van der Waals surface area contributed by atoms with Crippen LogP contribution in [0, 0.1) is 5.92 Å². The van der Waals surface area contributed by atoms with Crippen LogP contribution in [0.5, 0.6) is 0 Å². The summed E-state index contributed by atoms with van der Waals surface area (Å²) >= 11 is 5.96. The number of oxazole rings is 1. The van der Waals surface area contributed by atoms with Gasteiger partial charge >= 0.3 is 5.76 Å². The number of aromatic nitrogens is 2. The molecule has 2 fully saturated rings. The number of piperidine rings is 1. The SMILES string of the molecule is O=c1oc2ccccc2n1C[C@@H]1CCC2CN(c3ccc(Cl)cn3)CCN2C1. The highest BCUT2D eigenvalue weighted by Gasteiger charge is 2.33. The van der Waals surface area contributed by atoms with E-state index in [2.05, 4.69) is 14.8 Å². The summed E-state index contributed by atoms with van der Waals surface area (Å²) in [5, 5.41) is 0.671. The lowest BCUT2D eigenvalue weighted by Gasteiger charge is -2.46. The predicted octanol–water partition coefficient (Wildman–Crippen LogP) is 3.24. The Bertz CT molecular complexity index is 1030. The minimum absolute atomic E-state index is 0.248. The first-order valence-electron chi connectivity index (χ1n) is 9.86. The summed E-state index contributed by atoms with van der Waals surface area (Å²) in [6.07, 6.45) is 3.97. The molecule has 2 aliphatic rings. The van der Waals surface area contributed by atoms with Crippen LogP contribution >= 0.6 is 11.6 Å². The number of halogens is 1. The van der Waals surface area contributed by atoms with Gasteiger partial charge in [-0.1, -0.05) is 23.7 Å². The van der Waals surface area contributed by atoms with Crippen molar-refractivity contribution in [3.63, 3.8) is 0 Å². The molecular formula is C21H23ClN4O2. The Labute approximate surface area is 168 Å². The fourth-order valence-electron chi connectivity index (χ4n) is 4.62. The van der Waals surface area contributed by atoms with Gasteiger partial charge in [0.2, 0.25) is 0 Å². The molecule has 3 aromatic rings. The second kappa shape index (κ2) is 7.26. The maximum absolute atomic E-state index is 12.3. The Morgan fingerprint density at radius 2 is 2.00 bits per heavy atom. The van der Waals surface area contributed by atoms with Crippen molar-refractivity contribution in [3.05, 3.63) is 58.2 Å². The first-order valence-corrected chi connectivity index (χ1v) is 10.2. The predicted molar refractivity (Wildman–Crippen MR) is 110 cm³/mol. The normalized spacial score (nSPS) is 23.1. The molecule has 2 aliphatic heterocycles. The van der Waals surface area contributed by atoms with Crippen LogP contribution in [0.4, 0.5) is 5.82 Å². The molecule has 0 saturated carbocycles. The van der Waals surface area contributed by atoms with E-state index in [0.717, 1.165) is 56.9 Å². The van der Waals surface area contributed by atoms with Crippen molar-refractivity contribution in [2.45, 2.75) is 25.4 Å². The van der Waals surface area contributed by atoms with Gasteiger partial charge < -0.3 is 9.32 Å². The number of nitrogens with zero attached hydrogens (tertiary/aromatic N) is 4. The van der Waals surface area contributed by atoms with Crippen LogP contribution in [0.2, 0.25) is 5.02 Å². The highest BCUT2D eigenvalue weighted by atomic mass is 35.5. The maximum Gasteiger partial charge on any atom is 0.419 e. The van der Waals surface area contributed by atoms with Crippen LogP contribution in [-0.2, 0) is 6.54 Å². The quantitative estimate of drug-likeness (QED) is 0.678. The molecule has 2 aromatic heterocycles. The number of benzene rings is 1. The molecule has 146 valence electrons. The summed E-state index contributed by atoms with van der Waals surface area (Å²) in [4.78, 5) is 21.7. The lowest BCUT2D eigenvalue weighted by molar-refractivity contribution is 0.0882. The van der Waals surface area contributed by atoms with Gasteiger partial charge in [-0.3, -0.25) is 9.47 Å². The van der Waals surface area contributed by atoms with Crippen LogP contribution in [0.15, 0.2) is 51.8 Å². The van der Waals surface area contributed by atoms with E-state index in [4.69, 9.17) is 16.0 Å². The summed E-state index contributed by atoms with van der Waals surface area (Å²) in [6, 6.07) is 12.1. The van der Waals surface area contributed by atoms with E-state index >= 15 is 0 Å². The van der Waals surface area contributed by atoms with Crippen molar-refractivity contribution < 1.29 is 4.42 Å². The van der Waals surface area contributed by atoms with Gasteiger partial charge in [0.05, 0.1) is 10.5 Å². The van der Waals surface area contributed by atoms with Gasteiger partial charge in [0, 0.05) is 45.0 Å². The third-order valence-electron chi connectivity index (χ3n) is 6.06. The molecular weight excluding hydrogens is 376 g/mol. The fourth-order valence-corrected chi connectivity index (χ4v) is 4.73. The average molecular weight is 399 g/mol. The molecule has 7 heteroatoms.